The lowest BCUT2D eigenvalue weighted by Gasteiger charge is -2.12. The van der Waals surface area contributed by atoms with E-state index < -0.39 is 0 Å². The minimum Gasteiger partial charge on any atom is -0.129 e. The fourth-order valence-corrected chi connectivity index (χ4v) is 4.09. The Morgan fingerprint density at radius 1 is 1.07 bits per heavy atom. The van der Waals surface area contributed by atoms with Crippen molar-refractivity contribution in [3.63, 3.8) is 0 Å². The molecule has 0 saturated carbocycles. The van der Waals surface area contributed by atoms with Gasteiger partial charge in [0.05, 0.1) is 0 Å². The summed E-state index contributed by atoms with van der Waals surface area (Å²) < 4.78 is 1.11. The monoisotopic (exact) mass is 456 g/mol. The Kier molecular flexibility index (Phi) is 11.3. The summed E-state index contributed by atoms with van der Waals surface area (Å²) >= 11 is 5.56. The van der Waals surface area contributed by atoms with E-state index in [1.807, 2.05) is 0 Å². The zero-order valence-corrected chi connectivity index (χ0v) is 20.7. The summed E-state index contributed by atoms with van der Waals surface area (Å²) in [5.41, 5.74) is 7.59. The van der Waals surface area contributed by atoms with Crippen LogP contribution in [0.1, 0.15) is 48.0 Å². The van der Waals surface area contributed by atoms with Crippen molar-refractivity contribution in [2.45, 2.75) is 48.0 Å². The maximum atomic E-state index is 3.78. The lowest BCUT2D eigenvalue weighted by atomic mass is 10.00. The van der Waals surface area contributed by atoms with E-state index in [0.29, 0.717) is 0 Å². The second kappa shape index (κ2) is 12.9. The Morgan fingerprint density at radius 2 is 1.75 bits per heavy atom. The van der Waals surface area contributed by atoms with Crippen LogP contribution in [0.3, 0.4) is 0 Å². The molecule has 1 aliphatic rings. The van der Waals surface area contributed by atoms with E-state index in [1.165, 1.54) is 38.3 Å². The molecule has 0 nitrogen and oxygen atoms in total. The molecular weight excluding hydrogens is 424 g/mol. The maximum Gasteiger partial charge on any atom is 0.0250 e. The summed E-state index contributed by atoms with van der Waals surface area (Å²) in [6, 6.07) is 0. The van der Waals surface area contributed by atoms with Crippen LogP contribution < -0.4 is 0 Å². The minimum absolute atomic E-state index is 0.984. The third-order valence-electron chi connectivity index (χ3n) is 4.48. The van der Waals surface area contributed by atoms with Gasteiger partial charge in [0, 0.05) is 9.39 Å². The molecule has 0 aliphatic heterocycles. The van der Waals surface area contributed by atoms with Gasteiger partial charge in [-0.25, -0.2) is 0 Å². The molecule has 0 atom stereocenters. The van der Waals surface area contributed by atoms with E-state index >= 15 is 0 Å². The second-order valence-corrected chi connectivity index (χ2v) is 8.57. The molecular formula is C26H33BrS. The SMILES string of the molecule is C/C=C\C(/C=C(C(/C)=C/C=C(/Br)C1=C(C)C=CCC=C1)\C(=C/C)SC)=C(C)C. The molecule has 0 unspecified atom stereocenters. The van der Waals surface area contributed by atoms with Crippen molar-refractivity contribution in [1.82, 2.24) is 0 Å². The molecule has 0 saturated heterocycles. The van der Waals surface area contributed by atoms with Crippen LogP contribution >= 0.6 is 27.7 Å². The average molecular weight is 458 g/mol. The van der Waals surface area contributed by atoms with Crippen LogP contribution in [0.4, 0.5) is 0 Å². The quantitative estimate of drug-likeness (QED) is 0.344. The molecule has 0 spiro atoms. The number of rotatable bonds is 7. The van der Waals surface area contributed by atoms with Crippen LogP contribution in [-0.4, -0.2) is 6.26 Å². The highest BCUT2D eigenvalue weighted by Crippen LogP contribution is 2.31. The van der Waals surface area contributed by atoms with E-state index in [-0.39, 0.29) is 0 Å². The van der Waals surface area contributed by atoms with Crippen LogP contribution in [0.2, 0.25) is 0 Å². The molecule has 150 valence electrons. The van der Waals surface area contributed by atoms with Crippen molar-refractivity contribution in [2.75, 3.05) is 6.26 Å². The van der Waals surface area contributed by atoms with Crippen LogP contribution in [0.25, 0.3) is 0 Å². The lowest BCUT2D eigenvalue weighted by Crippen LogP contribution is -1.91. The van der Waals surface area contributed by atoms with Gasteiger partial charge in [0.1, 0.15) is 0 Å². The standard InChI is InChI=1S/C26H33BrS/c1-8-13-22(19(3)4)18-24(26(9-2)28-7)21(6)16-17-25(27)23-15-12-10-11-14-20(23)5/h8-9,11-18H,10H2,1-7H3/b13-8-,21-16+,24-18-,25-17+,26-9+. The van der Waals surface area contributed by atoms with E-state index in [0.717, 1.165) is 10.9 Å². The van der Waals surface area contributed by atoms with Crippen LogP contribution in [0.5, 0.6) is 0 Å². The van der Waals surface area contributed by atoms with Crippen molar-refractivity contribution in [1.29, 1.82) is 0 Å². The van der Waals surface area contributed by atoms with E-state index in [1.54, 1.807) is 11.8 Å². The van der Waals surface area contributed by atoms with E-state index in [4.69, 9.17) is 0 Å². The molecule has 2 heteroatoms. The smallest absolute Gasteiger partial charge is 0.0250 e. The molecule has 1 aliphatic carbocycles. The van der Waals surface area contributed by atoms with Crippen molar-refractivity contribution in [3.8, 4) is 0 Å². The molecule has 0 radical (unpaired) electrons. The first-order chi connectivity index (χ1) is 13.3. The number of allylic oxidation sites excluding steroid dienone is 17. The van der Waals surface area contributed by atoms with Gasteiger partial charge in [0.25, 0.3) is 0 Å². The number of hydrogen-bond acceptors (Lipinski definition) is 1. The van der Waals surface area contributed by atoms with Gasteiger partial charge < -0.3 is 0 Å². The fourth-order valence-electron chi connectivity index (χ4n) is 2.83. The second-order valence-electron chi connectivity index (χ2n) is 6.87. The lowest BCUT2D eigenvalue weighted by molar-refractivity contribution is 1.31. The van der Waals surface area contributed by atoms with Gasteiger partial charge in [-0.05, 0) is 94.2 Å². The molecule has 0 bridgehead atoms. The predicted octanol–water partition coefficient (Wildman–Crippen LogP) is 9.15. The summed E-state index contributed by atoms with van der Waals surface area (Å²) in [5.74, 6) is 0. The third-order valence-corrected chi connectivity index (χ3v) is 6.07. The Morgan fingerprint density at radius 3 is 2.32 bits per heavy atom. The third kappa shape index (κ3) is 7.48. The molecule has 0 aromatic heterocycles. The molecule has 0 N–H and O–H groups in total. The zero-order chi connectivity index (χ0) is 21.1. The molecule has 1 rings (SSSR count). The van der Waals surface area contributed by atoms with Crippen molar-refractivity contribution >= 4 is 27.7 Å². The first-order valence-corrected chi connectivity index (χ1v) is 11.7. The van der Waals surface area contributed by atoms with Crippen LogP contribution in [0, 0.1) is 0 Å². The first-order valence-electron chi connectivity index (χ1n) is 9.67. The van der Waals surface area contributed by atoms with Gasteiger partial charge >= 0.3 is 0 Å². The van der Waals surface area contributed by atoms with Gasteiger partial charge in [-0.3, -0.25) is 0 Å². The summed E-state index contributed by atoms with van der Waals surface area (Å²) in [6.45, 7) is 12.8. The van der Waals surface area contributed by atoms with Gasteiger partial charge in [0.2, 0.25) is 0 Å². The molecule has 0 fully saturated rings. The fraction of sp³-hybridized carbons (Fsp3) is 0.308. The van der Waals surface area contributed by atoms with Crippen LogP contribution in [-0.2, 0) is 0 Å². The number of halogens is 1. The number of hydrogen-bond donors (Lipinski definition) is 0. The maximum absolute atomic E-state index is 3.78. The van der Waals surface area contributed by atoms with Crippen LogP contribution in [0.15, 0.2) is 104 Å². The summed E-state index contributed by atoms with van der Waals surface area (Å²) in [7, 11) is 0. The molecule has 0 amide bonds. The van der Waals surface area contributed by atoms with Gasteiger partial charge in [-0.1, -0.05) is 70.1 Å². The molecule has 0 aromatic rings. The highest BCUT2D eigenvalue weighted by molar-refractivity contribution is 9.12. The summed E-state index contributed by atoms with van der Waals surface area (Å²) in [5, 5.41) is 0. The van der Waals surface area contributed by atoms with Gasteiger partial charge in [0.15, 0.2) is 0 Å². The average Bonchev–Trinajstić information content (AvgIpc) is 2.89. The Bertz CT molecular complexity index is 830. The number of thioether (sulfide) groups is 1. The normalized spacial score (nSPS) is 16.9. The van der Waals surface area contributed by atoms with E-state index in [9.17, 15) is 0 Å². The highest BCUT2D eigenvalue weighted by atomic mass is 79.9. The van der Waals surface area contributed by atoms with Crippen molar-refractivity contribution in [3.05, 3.63) is 104 Å². The first kappa shape index (κ1) is 24.5. The summed E-state index contributed by atoms with van der Waals surface area (Å²) in [4.78, 5) is 1.29. The van der Waals surface area contributed by atoms with Crippen molar-refractivity contribution in [2.24, 2.45) is 0 Å². The largest absolute Gasteiger partial charge is 0.129 e. The van der Waals surface area contributed by atoms with Gasteiger partial charge in [-0.15, -0.1) is 11.8 Å². The molecule has 0 aromatic carbocycles. The Balaban J connectivity index is 3.42. The van der Waals surface area contributed by atoms with Crippen molar-refractivity contribution < 1.29 is 0 Å². The zero-order valence-electron chi connectivity index (χ0n) is 18.3. The molecule has 28 heavy (non-hydrogen) atoms. The topological polar surface area (TPSA) is 0 Å². The Hall–Kier alpha value is -1.51. The Labute approximate surface area is 185 Å². The molecule has 0 heterocycles. The summed E-state index contributed by atoms with van der Waals surface area (Å²) in [6.07, 6.45) is 25.0. The van der Waals surface area contributed by atoms with E-state index in [2.05, 4.69) is 124 Å². The van der Waals surface area contributed by atoms with Gasteiger partial charge in [-0.2, -0.15) is 0 Å². The minimum atomic E-state index is 0.984. The predicted molar refractivity (Wildman–Crippen MR) is 135 cm³/mol. The highest BCUT2D eigenvalue weighted by Gasteiger charge is 2.08.